The van der Waals surface area contributed by atoms with Crippen LogP contribution in [0.3, 0.4) is 0 Å². The van der Waals surface area contributed by atoms with Gasteiger partial charge in [-0.05, 0) is 37.1 Å². The SMILES string of the molecule is CCc1ccccc1NC(=O)CN1C(=O)NC(C)(c2cc3ccccc3o2)C1=O. The smallest absolute Gasteiger partial charge is 0.325 e. The Labute approximate surface area is 167 Å². The Morgan fingerprint density at radius 2 is 1.86 bits per heavy atom. The number of fused-ring (bicyclic) bond motifs is 1. The molecule has 2 aromatic carbocycles. The van der Waals surface area contributed by atoms with E-state index in [1.807, 2.05) is 43.3 Å². The van der Waals surface area contributed by atoms with Crippen LogP contribution < -0.4 is 10.6 Å². The number of rotatable bonds is 5. The van der Waals surface area contributed by atoms with Gasteiger partial charge >= 0.3 is 6.03 Å². The minimum Gasteiger partial charge on any atom is -0.458 e. The van der Waals surface area contributed by atoms with Crippen molar-refractivity contribution >= 4 is 34.5 Å². The molecule has 0 spiro atoms. The van der Waals surface area contributed by atoms with Crippen LogP contribution in [0.15, 0.2) is 59.0 Å². The predicted octanol–water partition coefficient (Wildman–Crippen LogP) is 3.40. The molecule has 29 heavy (non-hydrogen) atoms. The summed E-state index contributed by atoms with van der Waals surface area (Å²) in [7, 11) is 0. The number of nitrogens with one attached hydrogen (secondary N) is 2. The third-order valence-corrected chi connectivity index (χ3v) is 5.17. The van der Waals surface area contributed by atoms with E-state index in [2.05, 4.69) is 10.6 Å². The molecule has 1 aliphatic rings. The number of hydrogen-bond donors (Lipinski definition) is 2. The van der Waals surface area contributed by atoms with E-state index >= 15 is 0 Å². The molecule has 2 N–H and O–H groups in total. The molecule has 1 saturated heterocycles. The number of amides is 4. The average Bonchev–Trinajstić information content (AvgIpc) is 3.24. The van der Waals surface area contributed by atoms with Crippen molar-refractivity contribution in [1.82, 2.24) is 10.2 Å². The summed E-state index contributed by atoms with van der Waals surface area (Å²) in [5.41, 5.74) is 0.910. The van der Waals surface area contributed by atoms with Crippen molar-refractivity contribution in [2.24, 2.45) is 0 Å². The van der Waals surface area contributed by atoms with E-state index in [1.165, 1.54) is 0 Å². The highest BCUT2D eigenvalue weighted by Crippen LogP contribution is 2.33. The van der Waals surface area contributed by atoms with Crippen LogP contribution in [-0.2, 0) is 21.5 Å². The molecule has 0 bridgehead atoms. The second kappa shape index (κ2) is 7.09. The fourth-order valence-corrected chi connectivity index (χ4v) is 3.52. The second-order valence-corrected chi connectivity index (χ2v) is 7.15. The molecule has 1 atom stereocenters. The zero-order valence-corrected chi connectivity index (χ0v) is 16.2. The number of para-hydroxylation sites is 2. The molecule has 0 aliphatic carbocycles. The molecule has 1 aliphatic heterocycles. The molecular formula is C22H21N3O4. The maximum Gasteiger partial charge on any atom is 0.325 e. The Kier molecular flexibility index (Phi) is 4.58. The van der Waals surface area contributed by atoms with Crippen molar-refractivity contribution < 1.29 is 18.8 Å². The Morgan fingerprint density at radius 1 is 1.14 bits per heavy atom. The summed E-state index contributed by atoms with van der Waals surface area (Å²) in [5, 5.41) is 6.28. The molecule has 7 heteroatoms. The largest absolute Gasteiger partial charge is 0.458 e. The van der Waals surface area contributed by atoms with E-state index in [-0.39, 0.29) is 6.54 Å². The molecule has 4 amide bonds. The molecular weight excluding hydrogens is 370 g/mol. The van der Waals surface area contributed by atoms with E-state index in [4.69, 9.17) is 4.42 Å². The monoisotopic (exact) mass is 391 g/mol. The lowest BCUT2D eigenvalue weighted by Gasteiger charge is -2.19. The molecule has 4 rings (SSSR count). The lowest BCUT2D eigenvalue weighted by molar-refractivity contribution is -0.134. The van der Waals surface area contributed by atoms with Crippen LogP contribution in [0.5, 0.6) is 0 Å². The molecule has 1 fully saturated rings. The quantitative estimate of drug-likeness (QED) is 0.652. The fraction of sp³-hybridized carbons (Fsp3) is 0.227. The third kappa shape index (κ3) is 3.24. The first-order chi connectivity index (χ1) is 13.9. The zero-order chi connectivity index (χ0) is 20.6. The molecule has 148 valence electrons. The molecule has 2 heterocycles. The molecule has 0 saturated carbocycles. The molecule has 3 aromatic rings. The molecule has 1 unspecified atom stereocenters. The highest BCUT2D eigenvalue weighted by Gasteiger charge is 2.51. The number of hydrogen-bond acceptors (Lipinski definition) is 4. The van der Waals surface area contributed by atoms with Crippen molar-refractivity contribution in [3.05, 3.63) is 65.9 Å². The van der Waals surface area contributed by atoms with Gasteiger partial charge in [-0.25, -0.2) is 4.79 Å². The van der Waals surface area contributed by atoms with E-state index in [0.29, 0.717) is 17.0 Å². The van der Waals surface area contributed by atoms with Crippen molar-refractivity contribution in [3.8, 4) is 0 Å². The summed E-state index contributed by atoms with van der Waals surface area (Å²) in [6, 6.07) is 15.9. The van der Waals surface area contributed by atoms with Gasteiger partial charge < -0.3 is 15.1 Å². The van der Waals surface area contributed by atoms with E-state index in [1.54, 1.807) is 25.1 Å². The normalized spacial score (nSPS) is 18.9. The summed E-state index contributed by atoms with van der Waals surface area (Å²) in [4.78, 5) is 38.9. The van der Waals surface area contributed by atoms with Crippen LogP contribution in [0.4, 0.5) is 10.5 Å². The van der Waals surface area contributed by atoms with Crippen molar-refractivity contribution in [2.45, 2.75) is 25.8 Å². The average molecular weight is 391 g/mol. The fourth-order valence-electron chi connectivity index (χ4n) is 3.52. The Balaban J connectivity index is 1.54. The summed E-state index contributed by atoms with van der Waals surface area (Å²) in [6.07, 6.45) is 0.754. The number of anilines is 1. The molecule has 0 radical (unpaired) electrons. The van der Waals surface area contributed by atoms with E-state index in [9.17, 15) is 14.4 Å². The summed E-state index contributed by atoms with van der Waals surface area (Å²) in [5.74, 6) is -0.639. The maximum absolute atomic E-state index is 13.0. The number of imide groups is 1. The first-order valence-corrected chi connectivity index (χ1v) is 9.43. The number of benzene rings is 2. The van der Waals surface area contributed by atoms with Gasteiger partial charge in [0.2, 0.25) is 5.91 Å². The minimum atomic E-state index is -1.36. The van der Waals surface area contributed by atoms with Crippen LogP contribution in [0, 0.1) is 0 Å². The molecule has 7 nitrogen and oxygen atoms in total. The van der Waals surface area contributed by atoms with Crippen LogP contribution >= 0.6 is 0 Å². The number of carbonyl (C=O) groups excluding carboxylic acids is 3. The van der Waals surface area contributed by atoms with Gasteiger partial charge in [0.25, 0.3) is 5.91 Å². The minimum absolute atomic E-state index is 0.330. The van der Waals surface area contributed by atoms with Crippen LogP contribution in [-0.4, -0.2) is 29.3 Å². The van der Waals surface area contributed by atoms with E-state index in [0.717, 1.165) is 22.3 Å². The lowest BCUT2D eigenvalue weighted by atomic mass is 9.99. The van der Waals surface area contributed by atoms with Crippen LogP contribution in [0.2, 0.25) is 0 Å². The van der Waals surface area contributed by atoms with Crippen LogP contribution in [0.25, 0.3) is 11.0 Å². The van der Waals surface area contributed by atoms with Gasteiger partial charge in [-0.15, -0.1) is 0 Å². The maximum atomic E-state index is 13.0. The van der Waals surface area contributed by atoms with Gasteiger partial charge in [0.05, 0.1) is 0 Å². The number of nitrogens with zero attached hydrogens (tertiary/aromatic N) is 1. The third-order valence-electron chi connectivity index (χ3n) is 5.17. The van der Waals surface area contributed by atoms with E-state index < -0.39 is 23.4 Å². The summed E-state index contributed by atoms with van der Waals surface area (Å²) >= 11 is 0. The van der Waals surface area contributed by atoms with Gasteiger partial charge in [-0.3, -0.25) is 14.5 Å². The number of carbonyl (C=O) groups is 3. The highest BCUT2D eigenvalue weighted by atomic mass is 16.3. The van der Waals surface area contributed by atoms with Gasteiger partial charge in [0.15, 0.2) is 5.54 Å². The Hall–Kier alpha value is -3.61. The Bertz CT molecular complexity index is 1090. The number of urea groups is 1. The Morgan fingerprint density at radius 3 is 2.62 bits per heavy atom. The molecule has 1 aromatic heterocycles. The van der Waals surface area contributed by atoms with Crippen molar-refractivity contribution in [3.63, 3.8) is 0 Å². The summed E-state index contributed by atoms with van der Waals surface area (Å²) in [6.45, 7) is 3.19. The zero-order valence-electron chi connectivity index (χ0n) is 16.2. The standard InChI is InChI=1S/C22H21N3O4/c1-3-14-8-4-6-10-16(14)23-19(26)13-25-20(27)22(2,24-21(25)28)18-12-15-9-5-7-11-17(15)29-18/h4-12H,3,13H2,1-2H3,(H,23,26)(H,24,28). The van der Waals surface area contributed by atoms with Crippen LogP contribution in [0.1, 0.15) is 25.2 Å². The van der Waals surface area contributed by atoms with Gasteiger partial charge in [0, 0.05) is 11.1 Å². The highest BCUT2D eigenvalue weighted by molar-refractivity contribution is 6.10. The van der Waals surface area contributed by atoms with Gasteiger partial charge in [-0.1, -0.05) is 43.3 Å². The number of aryl methyl sites for hydroxylation is 1. The van der Waals surface area contributed by atoms with Gasteiger partial charge in [0.1, 0.15) is 17.9 Å². The number of furan rings is 1. The first kappa shape index (κ1) is 18.7. The second-order valence-electron chi connectivity index (χ2n) is 7.15. The summed E-state index contributed by atoms with van der Waals surface area (Å²) < 4.78 is 5.79. The van der Waals surface area contributed by atoms with Crippen molar-refractivity contribution in [1.29, 1.82) is 0 Å². The topological polar surface area (TPSA) is 91.7 Å². The van der Waals surface area contributed by atoms with Crippen molar-refractivity contribution in [2.75, 3.05) is 11.9 Å². The predicted molar refractivity (Wildman–Crippen MR) is 108 cm³/mol. The first-order valence-electron chi connectivity index (χ1n) is 9.43. The van der Waals surface area contributed by atoms with Gasteiger partial charge in [-0.2, -0.15) is 0 Å². The lowest BCUT2D eigenvalue weighted by Crippen LogP contribution is -2.41.